The van der Waals surface area contributed by atoms with Gasteiger partial charge < -0.3 is 14.7 Å². The third kappa shape index (κ3) is 3.40. The number of likely N-dealkylation sites (tertiary alicyclic amines) is 2. The molecule has 4 atom stereocenters. The normalized spacial score (nSPS) is 32.7. The van der Waals surface area contributed by atoms with Crippen molar-refractivity contribution < 1.29 is 9.59 Å². The fourth-order valence-corrected chi connectivity index (χ4v) is 6.91. The summed E-state index contributed by atoms with van der Waals surface area (Å²) in [6.07, 6.45) is 8.86. The highest BCUT2D eigenvalue weighted by Crippen LogP contribution is 2.53. The Morgan fingerprint density at radius 3 is 2.45 bits per heavy atom. The Morgan fingerprint density at radius 1 is 1.03 bits per heavy atom. The molecule has 3 saturated heterocycles. The number of amides is 2. The second kappa shape index (κ2) is 7.75. The number of hydrogen-bond donors (Lipinski definition) is 0. The summed E-state index contributed by atoms with van der Waals surface area (Å²) in [7, 11) is 0. The van der Waals surface area contributed by atoms with Crippen LogP contribution in [0.25, 0.3) is 0 Å². The summed E-state index contributed by atoms with van der Waals surface area (Å²) < 4.78 is 0. The summed E-state index contributed by atoms with van der Waals surface area (Å²) in [5.41, 5.74) is 1.32. The minimum atomic E-state index is -0.0292. The zero-order valence-corrected chi connectivity index (χ0v) is 19.1. The molecule has 1 aromatic rings. The molecule has 2 bridgehead atoms. The summed E-state index contributed by atoms with van der Waals surface area (Å²) in [5, 5.41) is 0. The van der Waals surface area contributed by atoms with E-state index in [0.717, 1.165) is 63.7 Å². The Bertz CT molecular complexity index is 883. The highest BCUT2D eigenvalue weighted by molar-refractivity contribution is 5.93. The van der Waals surface area contributed by atoms with Gasteiger partial charge in [0.1, 0.15) is 5.69 Å². The number of piperidine rings is 2. The lowest BCUT2D eigenvalue weighted by atomic mass is 9.71. The van der Waals surface area contributed by atoms with E-state index in [2.05, 4.69) is 26.6 Å². The molecule has 1 aromatic heterocycles. The van der Waals surface area contributed by atoms with Crippen molar-refractivity contribution in [1.82, 2.24) is 19.8 Å². The Hall–Kier alpha value is -2.18. The van der Waals surface area contributed by atoms with Crippen LogP contribution in [0, 0.1) is 12.3 Å². The molecule has 1 aliphatic carbocycles. The van der Waals surface area contributed by atoms with Crippen LogP contribution in [-0.4, -0.2) is 69.3 Å². The van der Waals surface area contributed by atoms with E-state index in [4.69, 9.17) is 4.98 Å². The van der Waals surface area contributed by atoms with E-state index in [-0.39, 0.29) is 35.4 Å². The minimum Gasteiger partial charge on any atom is -0.341 e. The topological polar surface area (TPSA) is 69.6 Å². The molecule has 7 nitrogen and oxygen atoms in total. The average molecular weight is 426 g/mol. The Morgan fingerprint density at radius 2 is 1.74 bits per heavy atom. The number of aromatic nitrogens is 2. The molecule has 31 heavy (non-hydrogen) atoms. The standard InChI is InChI=1S/C24H35N5O2/c1-16-13-19(26-23(25-16)27-11-7-4-8-12-27)22(31)28-15-18-14-24(3)20(28)9-5-6-10-21(24)29(18)17(2)30/h13,18,20-21H,4-12,14-15H2,1-3H3/t18-,20+,21-,24+/m0/s1. The molecule has 1 saturated carbocycles. The first-order valence-electron chi connectivity index (χ1n) is 12.1. The molecular formula is C24H35N5O2. The van der Waals surface area contributed by atoms with Crippen molar-refractivity contribution >= 4 is 17.8 Å². The number of fused-ring (bicyclic) bond motifs is 1. The molecule has 4 fully saturated rings. The van der Waals surface area contributed by atoms with Gasteiger partial charge in [-0.1, -0.05) is 19.8 Å². The van der Waals surface area contributed by atoms with Crippen LogP contribution in [-0.2, 0) is 4.79 Å². The molecule has 0 unspecified atom stereocenters. The van der Waals surface area contributed by atoms with Crippen LogP contribution < -0.4 is 4.90 Å². The van der Waals surface area contributed by atoms with Gasteiger partial charge in [-0.2, -0.15) is 0 Å². The van der Waals surface area contributed by atoms with E-state index >= 15 is 0 Å². The van der Waals surface area contributed by atoms with E-state index in [1.807, 2.05) is 13.0 Å². The number of aryl methyl sites for hydroxylation is 1. The molecule has 0 spiro atoms. The minimum absolute atomic E-state index is 0.00994. The largest absolute Gasteiger partial charge is 0.341 e. The summed E-state index contributed by atoms with van der Waals surface area (Å²) >= 11 is 0. The van der Waals surface area contributed by atoms with Crippen molar-refractivity contribution in [2.24, 2.45) is 5.41 Å². The number of anilines is 1. The van der Waals surface area contributed by atoms with Crippen LogP contribution in [0.3, 0.4) is 0 Å². The maximum absolute atomic E-state index is 13.9. The summed E-state index contributed by atoms with van der Waals surface area (Å²) in [4.78, 5) is 42.2. The van der Waals surface area contributed by atoms with Crippen LogP contribution in [0.4, 0.5) is 5.95 Å². The fourth-order valence-electron chi connectivity index (χ4n) is 6.91. The second-order valence-corrected chi connectivity index (χ2v) is 10.3. The summed E-state index contributed by atoms with van der Waals surface area (Å²) in [5.74, 6) is 0.855. The van der Waals surface area contributed by atoms with E-state index < -0.39 is 0 Å². The van der Waals surface area contributed by atoms with Gasteiger partial charge in [0.15, 0.2) is 0 Å². The Labute approximate surface area is 185 Å². The lowest BCUT2D eigenvalue weighted by molar-refractivity contribution is -0.132. The number of nitrogens with zero attached hydrogens (tertiary/aromatic N) is 5. The van der Waals surface area contributed by atoms with Gasteiger partial charge in [0.25, 0.3) is 5.91 Å². The Balaban J connectivity index is 1.48. The monoisotopic (exact) mass is 425 g/mol. The zero-order valence-electron chi connectivity index (χ0n) is 19.1. The molecule has 0 aromatic carbocycles. The molecule has 168 valence electrons. The second-order valence-electron chi connectivity index (χ2n) is 10.3. The molecule has 0 radical (unpaired) electrons. The number of carbonyl (C=O) groups excluding carboxylic acids is 2. The predicted octanol–water partition coefficient (Wildman–Crippen LogP) is 3.17. The van der Waals surface area contributed by atoms with Gasteiger partial charge in [-0.15, -0.1) is 0 Å². The SMILES string of the molecule is CC(=O)N1[C@@H]2CN(C(=O)c3cc(C)nc(N4CCCCC4)n3)[C@@H]3CCCC[C@H]1[C@]3(C)C2. The highest BCUT2D eigenvalue weighted by Gasteiger charge is 2.60. The van der Waals surface area contributed by atoms with Gasteiger partial charge in [0, 0.05) is 49.8 Å². The van der Waals surface area contributed by atoms with Crippen molar-refractivity contribution in [1.29, 1.82) is 0 Å². The van der Waals surface area contributed by atoms with Crippen molar-refractivity contribution in [3.8, 4) is 0 Å². The lowest BCUT2D eigenvalue weighted by Gasteiger charge is -2.46. The van der Waals surface area contributed by atoms with Gasteiger partial charge in [0.2, 0.25) is 11.9 Å². The van der Waals surface area contributed by atoms with Crippen molar-refractivity contribution in [3.63, 3.8) is 0 Å². The molecule has 4 aliphatic rings. The average Bonchev–Trinajstić information content (AvgIpc) is 2.87. The highest BCUT2D eigenvalue weighted by atomic mass is 16.2. The van der Waals surface area contributed by atoms with Crippen LogP contribution in [0.2, 0.25) is 0 Å². The molecule has 4 heterocycles. The first kappa shape index (κ1) is 20.7. The third-order valence-electron chi connectivity index (χ3n) is 8.24. The first-order chi connectivity index (χ1) is 14.9. The van der Waals surface area contributed by atoms with Crippen molar-refractivity contribution in [2.75, 3.05) is 24.5 Å². The molecular weight excluding hydrogens is 390 g/mol. The van der Waals surface area contributed by atoms with E-state index in [0.29, 0.717) is 18.2 Å². The Kier molecular flexibility index (Phi) is 5.18. The quantitative estimate of drug-likeness (QED) is 0.728. The molecule has 5 rings (SSSR count). The van der Waals surface area contributed by atoms with Gasteiger partial charge >= 0.3 is 0 Å². The van der Waals surface area contributed by atoms with Crippen molar-refractivity contribution in [3.05, 3.63) is 17.5 Å². The van der Waals surface area contributed by atoms with Crippen LogP contribution >= 0.6 is 0 Å². The maximum atomic E-state index is 13.9. The number of hydrogen-bond acceptors (Lipinski definition) is 5. The van der Waals surface area contributed by atoms with Gasteiger partial charge in [0.05, 0.1) is 6.04 Å². The molecule has 7 heteroatoms. The number of rotatable bonds is 2. The summed E-state index contributed by atoms with van der Waals surface area (Å²) in [6.45, 7) is 8.49. The zero-order chi connectivity index (χ0) is 21.8. The lowest BCUT2D eigenvalue weighted by Crippen LogP contribution is -2.56. The third-order valence-corrected chi connectivity index (χ3v) is 8.24. The van der Waals surface area contributed by atoms with E-state index in [9.17, 15) is 9.59 Å². The molecule has 0 N–H and O–H groups in total. The van der Waals surface area contributed by atoms with Gasteiger partial charge in [-0.05, 0) is 51.5 Å². The molecule has 2 amide bonds. The first-order valence-corrected chi connectivity index (χ1v) is 12.1. The van der Waals surface area contributed by atoms with Crippen molar-refractivity contribution in [2.45, 2.75) is 90.3 Å². The van der Waals surface area contributed by atoms with Gasteiger partial charge in [-0.25, -0.2) is 9.97 Å². The van der Waals surface area contributed by atoms with Crippen LogP contribution in [0.5, 0.6) is 0 Å². The van der Waals surface area contributed by atoms with Crippen LogP contribution in [0.15, 0.2) is 6.07 Å². The van der Waals surface area contributed by atoms with Crippen LogP contribution in [0.1, 0.15) is 81.4 Å². The predicted molar refractivity (Wildman–Crippen MR) is 119 cm³/mol. The molecule has 3 aliphatic heterocycles. The number of carbonyl (C=O) groups is 2. The summed E-state index contributed by atoms with van der Waals surface area (Å²) in [6, 6.07) is 2.37. The fraction of sp³-hybridized carbons (Fsp3) is 0.750. The smallest absolute Gasteiger partial charge is 0.273 e. The van der Waals surface area contributed by atoms with E-state index in [1.54, 1.807) is 6.92 Å². The van der Waals surface area contributed by atoms with E-state index in [1.165, 1.54) is 6.42 Å². The maximum Gasteiger partial charge on any atom is 0.273 e. The van der Waals surface area contributed by atoms with Gasteiger partial charge in [-0.3, -0.25) is 9.59 Å².